The molecule has 0 spiro atoms. The second kappa shape index (κ2) is 5.16. The predicted molar refractivity (Wildman–Crippen MR) is 74.4 cm³/mol. The third kappa shape index (κ3) is 2.06. The maximum atomic E-state index is 5.95. The van der Waals surface area contributed by atoms with E-state index in [9.17, 15) is 0 Å². The van der Waals surface area contributed by atoms with Gasteiger partial charge in [0, 0.05) is 0 Å². The lowest BCUT2D eigenvalue weighted by molar-refractivity contribution is 0.391. The number of nitrogens with zero attached hydrogens (tertiary/aromatic N) is 4. The molecule has 0 saturated carbocycles. The maximum Gasteiger partial charge on any atom is 0.227 e. The third-order valence-corrected chi connectivity index (χ3v) is 2.97. The van der Waals surface area contributed by atoms with E-state index in [2.05, 4.69) is 15.2 Å². The van der Waals surface area contributed by atoms with E-state index in [-0.39, 0.29) is 5.95 Å². The number of aromatic nitrogens is 4. The van der Waals surface area contributed by atoms with Gasteiger partial charge >= 0.3 is 0 Å². The fourth-order valence-electron chi connectivity index (χ4n) is 2.06. The molecule has 0 bridgehead atoms. The van der Waals surface area contributed by atoms with Crippen molar-refractivity contribution in [3.05, 3.63) is 30.9 Å². The van der Waals surface area contributed by atoms with Crippen LogP contribution in [-0.4, -0.2) is 34.0 Å². The Morgan fingerprint density at radius 1 is 1.14 bits per heavy atom. The van der Waals surface area contributed by atoms with Crippen molar-refractivity contribution in [1.29, 1.82) is 0 Å². The molecule has 21 heavy (non-hydrogen) atoms. The first-order chi connectivity index (χ1) is 10.3. The molecule has 1 aromatic carbocycles. The maximum absolute atomic E-state index is 5.95. The first-order valence-electron chi connectivity index (χ1n) is 6.07. The number of rotatable bonds is 4. The molecule has 0 aliphatic rings. The van der Waals surface area contributed by atoms with E-state index in [0.717, 1.165) is 0 Å². The third-order valence-electron chi connectivity index (χ3n) is 2.97. The number of para-hydroxylation sites is 1. The van der Waals surface area contributed by atoms with Crippen LogP contribution >= 0.6 is 0 Å². The van der Waals surface area contributed by atoms with Crippen molar-refractivity contribution < 1.29 is 13.9 Å². The van der Waals surface area contributed by atoms with Crippen LogP contribution in [0.4, 0.5) is 5.95 Å². The number of hydrogen-bond donors (Lipinski definition) is 1. The Bertz CT molecular complexity index is 729. The number of oxazole rings is 1. The zero-order valence-corrected chi connectivity index (χ0v) is 11.5. The fraction of sp³-hybridized carbons (Fsp3) is 0.154. The highest BCUT2D eigenvalue weighted by molar-refractivity contribution is 5.65. The molecule has 3 rings (SSSR count). The van der Waals surface area contributed by atoms with Gasteiger partial charge in [-0.25, -0.2) is 4.98 Å². The fourth-order valence-corrected chi connectivity index (χ4v) is 2.06. The number of nitrogens with two attached hydrogens (primary N) is 1. The number of hydrogen-bond acceptors (Lipinski definition) is 7. The van der Waals surface area contributed by atoms with E-state index in [1.54, 1.807) is 30.9 Å². The van der Waals surface area contributed by atoms with E-state index in [1.165, 1.54) is 12.7 Å². The Morgan fingerprint density at radius 2 is 1.86 bits per heavy atom. The van der Waals surface area contributed by atoms with E-state index < -0.39 is 0 Å². The molecule has 2 heterocycles. The van der Waals surface area contributed by atoms with Crippen molar-refractivity contribution in [2.45, 2.75) is 0 Å². The van der Waals surface area contributed by atoms with Crippen molar-refractivity contribution >= 4 is 5.95 Å². The molecule has 0 aliphatic carbocycles. The molecule has 3 aromatic rings. The summed E-state index contributed by atoms with van der Waals surface area (Å²) in [6.45, 7) is 0. The van der Waals surface area contributed by atoms with Gasteiger partial charge in [0.1, 0.15) is 29.1 Å². The zero-order valence-electron chi connectivity index (χ0n) is 11.5. The van der Waals surface area contributed by atoms with Gasteiger partial charge in [0.05, 0.1) is 14.2 Å². The highest BCUT2D eigenvalue weighted by atomic mass is 16.5. The van der Waals surface area contributed by atoms with Crippen molar-refractivity contribution in [2.75, 3.05) is 20.0 Å². The first-order valence-corrected chi connectivity index (χ1v) is 6.07. The molecule has 0 atom stereocenters. The van der Waals surface area contributed by atoms with Gasteiger partial charge in [-0.3, -0.25) is 4.57 Å². The minimum Gasteiger partial charge on any atom is -0.494 e. The topological polar surface area (TPSA) is 101 Å². The smallest absolute Gasteiger partial charge is 0.227 e. The number of nitrogen functional groups attached to an aromatic ring is 1. The molecule has 0 unspecified atom stereocenters. The van der Waals surface area contributed by atoms with Crippen LogP contribution in [-0.2, 0) is 0 Å². The molecular weight excluding hydrogens is 274 g/mol. The number of ether oxygens (including phenoxy) is 2. The summed E-state index contributed by atoms with van der Waals surface area (Å²) in [5, 5.41) is 7.94. The van der Waals surface area contributed by atoms with Crippen LogP contribution in [0.15, 0.2) is 35.3 Å². The summed E-state index contributed by atoms with van der Waals surface area (Å²) in [7, 11) is 3.13. The quantitative estimate of drug-likeness (QED) is 0.776. The number of benzene rings is 1. The van der Waals surface area contributed by atoms with E-state index in [4.69, 9.17) is 19.6 Å². The van der Waals surface area contributed by atoms with Gasteiger partial charge in [0.25, 0.3) is 0 Å². The van der Waals surface area contributed by atoms with Crippen LogP contribution in [0.25, 0.3) is 17.2 Å². The van der Waals surface area contributed by atoms with Crippen LogP contribution in [0, 0.1) is 0 Å². The van der Waals surface area contributed by atoms with Gasteiger partial charge in [-0.15, -0.1) is 10.2 Å². The van der Waals surface area contributed by atoms with Gasteiger partial charge in [-0.05, 0) is 12.1 Å². The average molecular weight is 287 g/mol. The lowest BCUT2D eigenvalue weighted by Gasteiger charge is -2.15. The predicted octanol–water partition coefficient (Wildman–Crippen LogP) is 1.52. The number of methoxy groups -OCH3 is 2. The second-order valence-corrected chi connectivity index (χ2v) is 4.10. The monoisotopic (exact) mass is 287 g/mol. The summed E-state index contributed by atoms with van der Waals surface area (Å²) < 4.78 is 17.4. The van der Waals surface area contributed by atoms with E-state index in [1.807, 2.05) is 6.07 Å². The summed E-state index contributed by atoms with van der Waals surface area (Å²) in [6.07, 6.45) is 2.77. The molecule has 0 aliphatic heterocycles. The molecule has 0 fully saturated rings. The molecule has 2 N–H and O–H groups in total. The van der Waals surface area contributed by atoms with E-state index >= 15 is 0 Å². The van der Waals surface area contributed by atoms with Gasteiger partial charge in [0.2, 0.25) is 5.95 Å². The van der Waals surface area contributed by atoms with Crippen LogP contribution in [0.3, 0.4) is 0 Å². The van der Waals surface area contributed by atoms with Gasteiger partial charge in [-0.1, -0.05) is 6.07 Å². The second-order valence-electron chi connectivity index (χ2n) is 4.10. The molecule has 8 heteroatoms. The Kier molecular flexibility index (Phi) is 3.19. The lowest BCUT2D eigenvalue weighted by atomic mass is 10.2. The van der Waals surface area contributed by atoms with Crippen molar-refractivity contribution in [3.8, 4) is 28.7 Å². The zero-order chi connectivity index (χ0) is 14.8. The van der Waals surface area contributed by atoms with Crippen LogP contribution in [0.5, 0.6) is 11.5 Å². The molecule has 108 valence electrons. The Labute approximate surface area is 120 Å². The summed E-state index contributed by atoms with van der Waals surface area (Å²) in [4.78, 5) is 4.07. The molecule has 2 aromatic heterocycles. The van der Waals surface area contributed by atoms with E-state index in [0.29, 0.717) is 28.7 Å². The largest absolute Gasteiger partial charge is 0.494 e. The van der Waals surface area contributed by atoms with Crippen LogP contribution in [0.1, 0.15) is 0 Å². The summed E-state index contributed by atoms with van der Waals surface area (Å²) >= 11 is 0. The lowest BCUT2D eigenvalue weighted by Crippen LogP contribution is -2.06. The standard InChI is InChI=1S/C13H13N5O3/c1-19-9-4-3-5-10(20-2)11(9)18-12(16-17-13(18)14)8-6-21-7-15-8/h3-7H,1-2H3,(H2,14,17). The molecule has 0 amide bonds. The molecule has 8 nitrogen and oxygen atoms in total. The SMILES string of the molecule is COc1cccc(OC)c1-n1c(N)nnc1-c1cocn1. The Balaban J connectivity index is 2.29. The molecule has 0 radical (unpaired) electrons. The van der Waals surface area contributed by atoms with Gasteiger partial charge < -0.3 is 19.6 Å². The van der Waals surface area contributed by atoms with Crippen molar-refractivity contribution in [1.82, 2.24) is 19.7 Å². The van der Waals surface area contributed by atoms with Crippen molar-refractivity contribution in [2.24, 2.45) is 0 Å². The Hall–Kier alpha value is -3.03. The van der Waals surface area contributed by atoms with Gasteiger partial charge in [0.15, 0.2) is 12.2 Å². The highest BCUT2D eigenvalue weighted by Gasteiger charge is 2.21. The molecular formula is C13H13N5O3. The summed E-state index contributed by atoms with van der Waals surface area (Å²) in [6, 6.07) is 5.41. The minimum atomic E-state index is 0.191. The molecule has 0 saturated heterocycles. The normalized spacial score (nSPS) is 10.6. The summed E-state index contributed by atoms with van der Waals surface area (Å²) in [5.41, 5.74) is 7.05. The van der Waals surface area contributed by atoms with Crippen molar-refractivity contribution in [3.63, 3.8) is 0 Å². The number of anilines is 1. The Morgan fingerprint density at radius 3 is 2.43 bits per heavy atom. The van der Waals surface area contributed by atoms with Gasteiger partial charge in [-0.2, -0.15) is 0 Å². The summed E-state index contributed by atoms with van der Waals surface area (Å²) in [5.74, 6) is 1.77. The minimum absolute atomic E-state index is 0.191. The van der Waals surface area contributed by atoms with Crippen LogP contribution < -0.4 is 15.2 Å². The highest BCUT2D eigenvalue weighted by Crippen LogP contribution is 2.36. The first kappa shape index (κ1) is 13.0. The average Bonchev–Trinajstić information content (AvgIpc) is 3.15. The van der Waals surface area contributed by atoms with Crippen LogP contribution in [0.2, 0.25) is 0 Å².